The van der Waals surface area contributed by atoms with E-state index >= 15 is 0 Å². The van der Waals surface area contributed by atoms with Crippen LogP contribution >= 0.6 is 0 Å². The molecule has 1 aliphatic heterocycles. The molecule has 2 aliphatic rings. The molecule has 2 N–H and O–H groups in total. The topological polar surface area (TPSA) is 60.0 Å². The summed E-state index contributed by atoms with van der Waals surface area (Å²) in [6, 6.07) is 12.1. The number of hydrogen-bond donors (Lipinski definition) is 2. The number of nitrogens with one attached hydrogen (secondary N) is 2. The molecule has 1 saturated carbocycles. The van der Waals surface area contributed by atoms with Crippen LogP contribution in [0, 0.1) is 0 Å². The van der Waals surface area contributed by atoms with Gasteiger partial charge in [-0.1, -0.05) is 43.2 Å². The molecule has 160 valence electrons. The molecule has 0 radical (unpaired) electrons. The molecule has 3 rings (SSSR count). The van der Waals surface area contributed by atoms with Crippen LogP contribution in [0.5, 0.6) is 0 Å². The van der Waals surface area contributed by atoms with Crippen LogP contribution in [0.1, 0.15) is 57.1 Å². The number of likely N-dealkylation sites (N-methyl/N-ethyl adjacent to an activating group) is 1. The quantitative estimate of drug-likeness (QED) is 0.570. The van der Waals surface area contributed by atoms with Crippen molar-refractivity contribution in [1.82, 2.24) is 20.4 Å². The summed E-state index contributed by atoms with van der Waals surface area (Å²) < 4.78 is 0. The summed E-state index contributed by atoms with van der Waals surface area (Å²) in [4.78, 5) is 20.7. The molecule has 1 aromatic rings. The van der Waals surface area contributed by atoms with Gasteiger partial charge in [-0.05, 0) is 38.2 Å². The fourth-order valence-electron chi connectivity index (χ4n) is 4.25. The lowest BCUT2D eigenvalue weighted by atomic mass is 10.0. The van der Waals surface area contributed by atoms with Gasteiger partial charge in [0.05, 0.1) is 0 Å². The number of aliphatic imine (C=N–C) groups is 1. The van der Waals surface area contributed by atoms with Gasteiger partial charge in [0, 0.05) is 45.3 Å². The maximum Gasteiger partial charge on any atom is 0.243 e. The summed E-state index contributed by atoms with van der Waals surface area (Å²) in [5.74, 6) is 0.839. The Morgan fingerprint density at radius 1 is 1.07 bits per heavy atom. The number of hydrogen-bond acceptors (Lipinski definition) is 3. The van der Waals surface area contributed by atoms with E-state index in [0.717, 1.165) is 31.9 Å². The Kier molecular flexibility index (Phi) is 7.92. The number of guanidine groups is 1. The number of rotatable bonds is 6. The van der Waals surface area contributed by atoms with E-state index in [1.54, 1.807) is 19.0 Å². The first-order chi connectivity index (χ1) is 14.0. The van der Waals surface area contributed by atoms with E-state index in [1.807, 2.05) is 0 Å². The monoisotopic (exact) mass is 399 g/mol. The van der Waals surface area contributed by atoms with E-state index < -0.39 is 0 Å². The molecule has 1 amide bonds. The van der Waals surface area contributed by atoms with Crippen molar-refractivity contribution in [3.63, 3.8) is 0 Å². The molecule has 0 bridgehead atoms. The molecule has 6 nitrogen and oxygen atoms in total. The Bertz CT molecular complexity index is 661. The minimum Gasteiger partial charge on any atom is -0.354 e. The Hall–Kier alpha value is -2.08. The summed E-state index contributed by atoms with van der Waals surface area (Å²) in [6.45, 7) is 4.63. The van der Waals surface area contributed by atoms with Crippen molar-refractivity contribution >= 4 is 11.9 Å². The molecule has 1 aromatic carbocycles. The maximum atomic E-state index is 12.0. The summed E-state index contributed by atoms with van der Waals surface area (Å²) in [6.07, 6.45) is 7.10. The van der Waals surface area contributed by atoms with Gasteiger partial charge in [-0.15, -0.1) is 0 Å². The van der Waals surface area contributed by atoms with Gasteiger partial charge in [-0.2, -0.15) is 0 Å². The first kappa shape index (κ1) is 21.6. The number of nitrogens with zero attached hydrogens (tertiary/aromatic N) is 3. The number of piperidine rings is 1. The first-order valence-electron chi connectivity index (χ1n) is 11.1. The lowest BCUT2D eigenvalue weighted by Crippen LogP contribution is -2.51. The van der Waals surface area contributed by atoms with Gasteiger partial charge in [0.25, 0.3) is 0 Å². The van der Waals surface area contributed by atoms with E-state index in [-0.39, 0.29) is 12.5 Å². The molecule has 1 saturated heterocycles. The normalized spacial score (nSPS) is 20.4. The van der Waals surface area contributed by atoms with Crippen LogP contribution in [0.15, 0.2) is 35.3 Å². The molecule has 29 heavy (non-hydrogen) atoms. The van der Waals surface area contributed by atoms with Crippen molar-refractivity contribution in [2.24, 2.45) is 4.99 Å². The summed E-state index contributed by atoms with van der Waals surface area (Å²) in [5, 5.41) is 7.19. The molecule has 2 fully saturated rings. The lowest BCUT2D eigenvalue weighted by molar-refractivity contribution is -0.127. The van der Waals surface area contributed by atoms with Gasteiger partial charge < -0.3 is 15.5 Å². The van der Waals surface area contributed by atoms with E-state index in [0.29, 0.717) is 18.1 Å². The third kappa shape index (κ3) is 6.46. The van der Waals surface area contributed by atoms with E-state index in [9.17, 15) is 4.79 Å². The Balaban J connectivity index is 1.54. The molecule has 1 atom stereocenters. The summed E-state index contributed by atoms with van der Waals surface area (Å²) >= 11 is 0. The second-order valence-corrected chi connectivity index (χ2v) is 8.62. The van der Waals surface area contributed by atoms with E-state index in [4.69, 9.17) is 0 Å². The van der Waals surface area contributed by atoms with Gasteiger partial charge >= 0.3 is 0 Å². The molecule has 1 unspecified atom stereocenters. The smallest absolute Gasteiger partial charge is 0.243 e. The zero-order valence-electron chi connectivity index (χ0n) is 18.2. The fraction of sp³-hybridized carbons (Fsp3) is 0.652. The van der Waals surface area contributed by atoms with Crippen LogP contribution in [0.25, 0.3) is 0 Å². The number of amides is 1. The second kappa shape index (κ2) is 10.6. The van der Waals surface area contributed by atoms with E-state index in [2.05, 4.69) is 57.8 Å². The molecule has 1 heterocycles. The van der Waals surface area contributed by atoms with Crippen LogP contribution in [0.3, 0.4) is 0 Å². The van der Waals surface area contributed by atoms with Crippen LogP contribution in [-0.2, 0) is 4.79 Å². The number of carbonyl (C=O) groups excluding carboxylic acids is 1. The van der Waals surface area contributed by atoms with E-state index in [1.165, 1.54) is 31.2 Å². The Labute approximate surface area is 175 Å². The number of benzene rings is 1. The molecule has 0 aromatic heterocycles. The standard InChI is InChI=1S/C23H37N5O/c1-18(19-9-5-4-6-10-19)28-15-13-21(14-16-28)26-23(24-17-22(29)27(2)3)25-20-11-7-8-12-20/h4-6,9-10,18,20-21H,7-8,11-17H2,1-3H3,(H2,24,25,26). The van der Waals surface area contributed by atoms with Crippen molar-refractivity contribution < 1.29 is 4.79 Å². The van der Waals surface area contributed by atoms with Gasteiger partial charge in [0.15, 0.2) is 5.96 Å². The van der Waals surface area contributed by atoms with Gasteiger partial charge in [0.2, 0.25) is 5.91 Å². The van der Waals surface area contributed by atoms with Gasteiger partial charge in [-0.3, -0.25) is 9.69 Å². The molecule has 1 aliphatic carbocycles. The van der Waals surface area contributed by atoms with Crippen LogP contribution in [0.2, 0.25) is 0 Å². The summed E-state index contributed by atoms with van der Waals surface area (Å²) in [5.41, 5.74) is 1.38. The van der Waals surface area contributed by atoms with Crippen LogP contribution in [0.4, 0.5) is 0 Å². The average Bonchev–Trinajstić information content (AvgIpc) is 3.25. The molecule has 6 heteroatoms. The zero-order chi connectivity index (χ0) is 20.6. The minimum atomic E-state index is 0.0315. The van der Waals surface area contributed by atoms with Crippen LogP contribution < -0.4 is 10.6 Å². The highest BCUT2D eigenvalue weighted by atomic mass is 16.2. The fourth-order valence-corrected chi connectivity index (χ4v) is 4.25. The van der Waals surface area contributed by atoms with Crippen molar-refractivity contribution in [2.45, 2.75) is 63.6 Å². The van der Waals surface area contributed by atoms with Gasteiger partial charge in [0.1, 0.15) is 6.54 Å². The third-order valence-corrected chi connectivity index (χ3v) is 6.27. The predicted octanol–water partition coefficient (Wildman–Crippen LogP) is 2.78. The molecular weight excluding hydrogens is 362 g/mol. The summed E-state index contributed by atoms with van der Waals surface area (Å²) in [7, 11) is 3.55. The second-order valence-electron chi connectivity index (χ2n) is 8.62. The highest BCUT2D eigenvalue weighted by Gasteiger charge is 2.25. The Morgan fingerprint density at radius 3 is 2.24 bits per heavy atom. The molecule has 0 spiro atoms. The first-order valence-corrected chi connectivity index (χ1v) is 11.1. The SMILES string of the molecule is CC(c1ccccc1)N1CCC(NC(=NCC(=O)N(C)C)NC2CCCC2)CC1. The maximum absolute atomic E-state index is 12.0. The minimum absolute atomic E-state index is 0.0315. The van der Waals surface area contributed by atoms with Gasteiger partial charge in [-0.25, -0.2) is 4.99 Å². The van der Waals surface area contributed by atoms with Crippen LogP contribution in [-0.4, -0.2) is 67.5 Å². The van der Waals surface area contributed by atoms with Crippen molar-refractivity contribution in [2.75, 3.05) is 33.7 Å². The van der Waals surface area contributed by atoms with Crippen molar-refractivity contribution in [1.29, 1.82) is 0 Å². The zero-order valence-corrected chi connectivity index (χ0v) is 18.2. The largest absolute Gasteiger partial charge is 0.354 e. The average molecular weight is 400 g/mol. The van der Waals surface area contributed by atoms with Crippen molar-refractivity contribution in [3.8, 4) is 0 Å². The number of likely N-dealkylation sites (tertiary alicyclic amines) is 1. The predicted molar refractivity (Wildman–Crippen MR) is 119 cm³/mol. The Morgan fingerprint density at radius 2 is 1.66 bits per heavy atom. The third-order valence-electron chi connectivity index (χ3n) is 6.27. The molecular formula is C23H37N5O. The highest BCUT2D eigenvalue weighted by molar-refractivity contribution is 5.85. The number of carbonyl (C=O) groups is 1. The van der Waals surface area contributed by atoms with Crippen molar-refractivity contribution in [3.05, 3.63) is 35.9 Å². The lowest BCUT2D eigenvalue weighted by Gasteiger charge is -2.37. The highest BCUT2D eigenvalue weighted by Crippen LogP contribution is 2.24.